The van der Waals surface area contributed by atoms with E-state index in [1.54, 1.807) is 0 Å². The molecular formula is C7H12O2. The Morgan fingerprint density at radius 1 is 1.33 bits per heavy atom. The van der Waals surface area contributed by atoms with Crippen LogP contribution in [-0.4, -0.2) is 12.7 Å². The van der Waals surface area contributed by atoms with Gasteiger partial charge in [-0.05, 0) is 20.8 Å². The third kappa shape index (κ3) is 1.37. The quantitative estimate of drug-likeness (QED) is 0.494. The second kappa shape index (κ2) is 2.29. The van der Waals surface area contributed by atoms with Crippen molar-refractivity contribution in [1.82, 2.24) is 0 Å². The van der Waals surface area contributed by atoms with Crippen LogP contribution in [-0.2, 0) is 9.47 Å². The Balaban J connectivity index is 2.61. The van der Waals surface area contributed by atoms with E-state index in [1.165, 1.54) is 0 Å². The number of hydrogen-bond acceptors (Lipinski definition) is 2. The molecule has 0 aliphatic carbocycles. The van der Waals surface area contributed by atoms with Crippen molar-refractivity contribution < 1.29 is 9.47 Å². The Morgan fingerprint density at radius 3 is 2.44 bits per heavy atom. The molecule has 0 saturated heterocycles. The third-order valence-electron chi connectivity index (χ3n) is 1.41. The van der Waals surface area contributed by atoms with E-state index in [0.29, 0.717) is 6.61 Å². The molecule has 1 atom stereocenters. The Labute approximate surface area is 55.5 Å². The fourth-order valence-corrected chi connectivity index (χ4v) is 0.763. The van der Waals surface area contributed by atoms with Crippen LogP contribution >= 0.6 is 0 Å². The van der Waals surface area contributed by atoms with Crippen molar-refractivity contribution in [3.05, 3.63) is 11.5 Å². The van der Waals surface area contributed by atoms with Crippen LogP contribution in [0.25, 0.3) is 0 Å². The van der Waals surface area contributed by atoms with Gasteiger partial charge in [0.1, 0.15) is 24.2 Å². The van der Waals surface area contributed by atoms with Crippen LogP contribution in [0.2, 0.25) is 0 Å². The molecule has 0 amide bonds. The van der Waals surface area contributed by atoms with E-state index in [2.05, 4.69) is 0 Å². The van der Waals surface area contributed by atoms with Gasteiger partial charge in [-0.3, -0.25) is 0 Å². The lowest BCUT2D eigenvalue weighted by atomic mass is 10.3. The van der Waals surface area contributed by atoms with Gasteiger partial charge in [0.2, 0.25) is 0 Å². The van der Waals surface area contributed by atoms with Crippen molar-refractivity contribution in [3.63, 3.8) is 0 Å². The van der Waals surface area contributed by atoms with E-state index in [1.807, 2.05) is 20.8 Å². The van der Waals surface area contributed by atoms with Gasteiger partial charge in [-0.15, -0.1) is 0 Å². The summed E-state index contributed by atoms with van der Waals surface area (Å²) in [7, 11) is 0. The van der Waals surface area contributed by atoms with Crippen LogP contribution < -0.4 is 0 Å². The number of rotatable bonds is 0. The molecule has 0 spiro atoms. The summed E-state index contributed by atoms with van der Waals surface area (Å²) in [5.41, 5.74) is 0. The molecule has 0 N–H and O–H groups in total. The monoisotopic (exact) mass is 128 g/mol. The number of hydrogen-bond donors (Lipinski definition) is 0. The van der Waals surface area contributed by atoms with E-state index < -0.39 is 0 Å². The summed E-state index contributed by atoms with van der Waals surface area (Å²) in [6.07, 6.45) is 0.216. The van der Waals surface area contributed by atoms with Gasteiger partial charge < -0.3 is 9.47 Å². The minimum absolute atomic E-state index is 0.216. The molecule has 2 nitrogen and oxygen atoms in total. The fraction of sp³-hybridized carbons (Fsp3) is 0.714. The number of ether oxygens (including phenoxy) is 2. The van der Waals surface area contributed by atoms with Gasteiger partial charge in [-0.2, -0.15) is 0 Å². The van der Waals surface area contributed by atoms with Crippen molar-refractivity contribution in [2.75, 3.05) is 6.61 Å². The lowest BCUT2D eigenvalue weighted by Gasteiger charge is -2.23. The predicted octanol–water partition coefficient (Wildman–Crippen LogP) is 1.67. The molecule has 0 fully saturated rings. The first-order chi connectivity index (χ1) is 4.20. The highest BCUT2D eigenvalue weighted by atomic mass is 16.6. The summed E-state index contributed by atoms with van der Waals surface area (Å²) in [5.74, 6) is 1.82. The summed E-state index contributed by atoms with van der Waals surface area (Å²) in [6.45, 7) is 6.52. The smallest absolute Gasteiger partial charge is 0.131 e. The lowest BCUT2D eigenvalue weighted by Crippen LogP contribution is -2.20. The zero-order valence-corrected chi connectivity index (χ0v) is 6.10. The maximum absolute atomic E-state index is 5.35. The minimum atomic E-state index is 0.216. The van der Waals surface area contributed by atoms with Crippen LogP contribution in [0, 0.1) is 0 Å². The molecule has 0 aromatic heterocycles. The van der Waals surface area contributed by atoms with Crippen molar-refractivity contribution >= 4 is 0 Å². The van der Waals surface area contributed by atoms with Gasteiger partial charge in [0.15, 0.2) is 0 Å². The Bertz CT molecular complexity index is 138. The first kappa shape index (κ1) is 6.46. The van der Waals surface area contributed by atoms with Crippen molar-refractivity contribution in [1.29, 1.82) is 0 Å². The maximum Gasteiger partial charge on any atom is 0.131 e. The molecule has 1 aliphatic rings. The third-order valence-corrected chi connectivity index (χ3v) is 1.41. The van der Waals surface area contributed by atoms with Gasteiger partial charge in [-0.1, -0.05) is 0 Å². The molecular weight excluding hydrogens is 116 g/mol. The van der Waals surface area contributed by atoms with Crippen LogP contribution in [0.1, 0.15) is 20.8 Å². The average molecular weight is 128 g/mol. The highest BCUT2D eigenvalue weighted by Gasteiger charge is 2.12. The molecule has 0 radical (unpaired) electrons. The molecule has 0 aromatic carbocycles. The highest BCUT2D eigenvalue weighted by Crippen LogP contribution is 2.15. The molecule has 9 heavy (non-hydrogen) atoms. The van der Waals surface area contributed by atoms with E-state index in [-0.39, 0.29) is 6.10 Å². The van der Waals surface area contributed by atoms with Gasteiger partial charge in [0, 0.05) is 0 Å². The zero-order chi connectivity index (χ0) is 6.85. The molecule has 1 rings (SSSR count). The SMILES string of the molecule is CC1=C(C)OC(C)CO1. The average Bonchev–Trinajstić information content (AvgIpc) is 1.80. The van der Waals surface area contributed by atoms with Crippen LogP contribution in [0.5, 0.6) is 0 Å². The molecule has 52 valence electrons. The first-order valence-corrected chi connectivity index (χ1v) is 3.17. The van der Waals surface area contributed by atoms with Crippen molar-refractivity contribution in [2.24, 2.45) is 0 Å². The summed E-state index contributed by atoms with van der Waals surface area (Å²) in [4.78, 5) is 0. The van der Waals surface area contributed by atoms with E-state index >= 15 is 0 Å². The minimum Gasteiger partial charge on any atom is -0.491 e. The standard InChI is InChI=1S/C7H12O2/c1-5-4-8-6(2)7(3)9-5/h5H,4H2,1-3H3. The fourth-order valence-electron chi connectivity index (χ4n) is 0.763. The highest BCUT2D eigenvalue weighted by molar-refractivity contribution is 4.97. The Morgan fingerprint density at radius 2 is 2.00 bits per heavy atom. The normalized spacial score (nSPS) is 27.2. The second-order valence-electron chi connectivity index (χ2n) is 2.35. The van der Waals surface area contributed by atoms with Gasteiger partial charge in [0.05, 0.1) is 0 Å². The Hall–Kier alpha value is -0.660. The van der Waals surface area contributed by atoms with Crippen LogP contribution in [0.4, 0.5) is 0 Å². The summed E-state index contributed by atoms with van der Waals surface area (Å²) in [6, 6.07) is 0. The van der Waals surface area contributed by atoms with E-state index in [4.69, 9.17) is 9.47 Å². The van der Waals surface area contributed by atoms with Gasteiger partial charge in [0.25, 0.3) is 0 Å². The molecule has 0 saturated carbocycles. The molecule has 2 heteroatoms. The summed E-state index contributed by atoms with van der Waals surface area (Å²) >= 11 is 0. The molecule has 0 bridgehead atoms. The summed E-state index contributed by atoms with van der Waals surface area (Å²) < 4.78 is 10.6. The Kier molecular flexibility index (Phi) is 1.65. The van der Waals surface area contributed by atoms with Crippen LogP contribution in [0.3, 0.4) is 0 Å². The molecule has 1 aliphatic heterocycles. The zero-order valence-electron chi connectivity index (χ0n) is 6.10. The van der Waals surface area contributed by atoms with E-state index in [0.717, 1.165) is 11.5 Å². The largest absolute Gasteiger partial charge is 0.491 e. The second-order valence-corrected chi connectivity index (χ2v) is 2.35. The molecule has 1 unspecified atom stereocenters. The summed E-state index contributed by atoms with van der Waals surface area (Å²) in [5, 5.41) is 0. The first-order valence-electron chi connectivity index (χ1n) is 3.17. The molecule has 1 heterocycles. The number of allylic oxidation sites excluding steroid dienone is 2. The van der Waals surface area contributed by atoms with Gasteiger partial charge >= 0.3 is 0 Å². The van der Waals surface area contributed by atoms with Crippen LogP contribution in [0.15, 0.2) is 11.5 Å². The predicted molar refractivity (Wildman–Crippen MR) is 34.9 cm³/mol. The van der Waals surface area contributed by atoms with Crippen molar-refractivity contribution in [2.45, 2.75) is 26.9 Å². The van der Waals surface area contributed by atoms with Crippen molar-refractivity contribution in [3.8, 4) is 0 Å². The van der Waals surface area contributed by atoms with Gasteiger partial charge in [-0.25, -0.2) is 0 Å². The van der Waals surface area contributed by atoms with E-state index in [9.17, 15) is 0 Å². The molecule has 0 aromatic rings. The lowest BCUT2D eigenvalue weighted by molar-refractivity contribution is 0.00853. The topological polar surface area (TPSA) is 18.5 Å². The maximum atomic E-state index is 5.35.